The minimum atomic E-state index is -4.96. The van der Waals surface area contributed by atoms with Crippen LogP contribution in [0.3, 0.4) is 0 Å². The number of ether oxygens (including phenoxy) is 1. The molecule has 13 heteroatoms. The third-order valence-electron chi connectivity index (χ3n) is 4.08. The summed E-state index contributed by atoms with van der Waals surface area (Å²) in [5, 5.41) is 18.7. The first-order valence-electron chi connectivity index (χ1n) is 9.15. The van der Waals surface area contributed by atoms with Crippen LogP contribution in [0, 0.1) is 10.1 Å². The van der Waals surface area contributed by atoms with E-state index in [1.54, 1.807) is 16.8 Å². The number of carbonyl (C=O) groups is 3. The molecule has 1 aromatic carbocycles. The number of nitro groups is 1. The topological polar surface area (TPSA) is 128 Å². The van der Waals surface area contributed by atoms with Gasteiger partial charge in [0.1, 0.15) is 0 Å². The second kappa shape index (κ2) is 10.7. The van der Waals surface area contributed by atoms with Crippen molar-refractivity contribution in [3.05, 3.63) is 56.3 Å². The molecule has 2 aromatic rings. The van der Waals surface area contributed by atoms with Crippen LogP contribution in [0.15, 0.2) is 35.0 Å². The molecular formula is C19H18F3N3O6S. The zero-order valence-electron chi connectivity index (χ0n) is 16.6. The number of hydrogen-bond donors (Lipinski definition) is 2. The minimum Gasteiger partial charge on any atom is -0.453 e. The molecule has 1 atom stereocenters. The number of benzene rings is 1. The fraction of sp³-hybridized carbons (Fsp3) is 0.316. The van der Waals surface area contributed by atoms with Crippen molar-refractivity contribution in [1.82, 2.24) is 5.32 Å². The van der Waals surface area contributed by atoms with Gasteiger partial charge in [-0.05, 0) is 30.9 Å². The van der Waals surface area contributed by atoms with Gasteiger partial charge >= 0.3 is 12.1 Å². The Morgan fingerprint density at radius 3 is 2.56 bits per heavy atom. The van der Waals surface area contributed by atoms with Crippen LogP contribution in [-0.4, -0.2) is 35.4 Å². The van der Waals surface area contributed by atoms with E-state index in [9.17, 15) is 37.7 Å². The molecule has 32 heavy (non-hydrogen) atoms. The van der Waals surface area contributed by atoms with Gasteiger partial charge in [0.25, 0.3) is 17.5 Å². The molecule has 2 N–H and O–H groups in total. The van der Waals surface area contributed by atoms with Crippen molar-refractivity contribution in [2.45, 2.75) is 32.0 Å². The summed E-state index contributed by atoms with van der Waals surface area (Å²) in [5.41, 5.74) is -2.40. The number of amides is 2. The smallest absolute Gasteiger partial charge is 0.418 e. The summed E-state index contributed by atoms with van der Waals surface area (Å²) in [4.78, 5) is 45.5. The Balaban J connectivity index is 1.86. The van der Waals surface area contributed by atoms with Crippen LogP contribution in [-0.2, 0) is 20.5 Å². The quantitative estimate of drug-likeness (QED) is 0.247. The van der Waals surface area contributed by atoms with E-state index >= 15 is 0 Å². The maximum atomic E-state index is 13.2. The molecule has 2 rings (SSSR count). The number of nitrogens with zero attached hydrogens (tertiary/aromatic N) is 1. The average Bonchev–Trinajstić information content (AvgIpc) is 3.25. The highest BCUT2D eigenvalue weighted by Crippen LogP contribution is 2.37. The lowest BCUT2D eigenvalue weighted by atomic mass is 10.1. The number of esters is 1. The lowest BCUT2D eigenvalue weighted by Crippen LogP contribution is -2.31. The first kappa shape index (κ1) is 24.8. The van der Waals surface area contributed by atoms with Crippen molar-refractivity contribution in [2.24, 2.45) is 0 Å². The van der Waals surface area contributed by atoms with Crippen LogP contribution < -0.4 is 10.6 Å². The molecule has 0 fully saturated rings. The number of anilines is 1. The highest BCUT2D eigenvalue weighted by atomic mass is 32.1. The number of nitrogens with one attached hydrogen (secondary N) is 2. The van der Waals surface area contributed by atoms with E-state index in [0.717, 1.165) is 12.1 Å². The fourth-order valence-electron chi connectivity index (χ4n) is 2.46. The summed E-state index contributed by atoms with van der Waals surface area (Å²) in [6.07, 6.45) is -6.28. The molecule has 2 amide bonds. The van der Waals surface area contributed by atoms with Gasteiger partial charge in [-0.25, -0.2) is 0 Å². The maximum Gasteiger partial charge on any atom is 0.418 e. The standard InChI is InChI=1S/C19H18F3N3O6S/c1-11(31-16(26)3-2-7-23-18(28)12-6-8-32-10-12)17(27)24-15-5-4-13(25(29)30)9-14(15)19(20,21)22/h4-6,8-11H,2-3,7H2,1H3,(H,23,28)(H,24,27). The lowest BCUT2D eigenvalue weighted by Gasteiger charge is -2.17. The molecular weight excluding hydrogens is 455 g/mol. The van der Waals surface area contributed by atoms with Crippen molar-refractivity contribution in [3.8, 4) is 0 Å². The molecule has 0 saturated carbocycles. The summed E-state index contributed by atoms with van der Waals surface area (Å²) in [6, 6.07) is 3.51. The predicted molar refractivity (Wildman–Crippen MR) is 108 cm³/mol. The van der Waals surface area contributed by atoms with Crippen LogP contribution in [0.4, 0.5) is 24.5 Å². The molecule has 1 heterocycles. The Morgan fingerprint density at radius 2 is 1.97 bits per heavy atom. The number of carbonyl (C=O) groups excluding carboxylic acids is 3. The predicted octanol–water partition coefficient (Wildman–Crippen LogP) is 3.76. The third-order valence-corrected chi connectivity index (χ3v) is 4.76. The van der Waals surface area contributed by atoms with Crippen LogP contribution >= 0.6 is 11.3 Å². The van der Waals surface area contributed by atoms with Crippen LogP contribution in [0.2, 0.25) is 0 Å². The van der Waals surface area contributed by atoms with E-state index < -0.39 is 46.0 Å². The van der Waals surface area contributed by atoms with E-state index in [1.807, 2.05) is 5.32 Å². The summed E-state index contributed by atoms with van der Waals surface area (Å²) < 4.78 is 44.5. The van der Waals surface area contributed by atoms with Crippen LogP contribution in [0.25, 0.3) is 0 Å². The van der Waals surface area contributed by atoms with Gasteiger partial charge in [0.15, 0.2) is 6.10 Å². The molecule has 1 unspecified atom stereocenters. The van der Waals surface area contributed by atoms with Crippen molar-refractivity contribution in [1.29, 1.82) is 0 Å². The van der Waals surface area contributed by atoms with Gasteiger partial charge in [0.05, 0.1) is 16.2 Å². The van der Waals surface area contributed by atoms with Crippen molar-refractivity contribution < 1.29 is 37.2 Å². The number of alkyl halides is 3. The summed E-state index contributed by atoms with van der Waals surface area (Å²) in [5.74, 6) is -2.11. The monoisotopic (exact) mass is 473 g/mol. The van der Waals surface area contributed by atoms with Gasteiger partial charge in [-0.3, -0.25) is 24.5 Å². The molecule has 0 aliphatic carbocycles. The highest BCUT2D eigenvalue weighted by molar-refractivity contribution is 7.08. The Kier molecular flexibility index (Phi) is 8.29. The number of halogens is 3. The second-order valence-electron chi connectivity index (χ2n) is 6.48. The Labute approximate surface area is 183 Å². The van der Waals surface area contributed by atoms with E-state index in [4.69, 9.17) is 4.74 Å². The van der Waals surface area contributed by atoms with Crippen molar-refractivity contribution in [3.63, 3.8) is 0 Å². The number of thiophene rings is 1. The minimum absolute atomic E-state index is 0.132. The Morgan fingerprint density at radius 1 is 1.25 bits per heavy atom. The van der Waals surface area contributed by atoms with Crippen LogP contribution in [0.1, 0.15) is 35.7 Å². The molecule has 1 aromatic heterocycles. The summed E-state index contributed by atoms with van der Waals surface area (Å²) in [6.45, 7) is 1.35. The van der Waals surface area contributed by atoms with Gasteiger partial charge in [-0.2, -0.15) is 24.5 Å². The first-order chi connectivity index (χ1) is 15.0. The summed E-state index contributed by atoms with van der Waals surface area (Å²) in [7, 11) is 0. The van der Waals surface area contributed by atoms with E-state index in [-0.39, 0.29) is 25.3 Å². The van der Waals surface area contributed by atoms with E-state index in [0.29, 0.717) is 11.6 Å². The first-order valence-corrected chi connectivity index (χ1v) is 10.1. The molecule has 0 bridgehead atoms. The number of rotatable bonds is 9. The molecule has 0 saturated heterocycles. The second-order valence-corrected chi connectivity index (χ2v) is 7.26. The number of non-ortho nitro benzene ring substituents is 1. The van der Waals surface area contributed by atoms with Crippen LogP contribution in [0.5, 0.6) is 0 Å². The van der Waals surface area contributed by atoms with Gasteiger partial charge in [0, 0.05) is 36.0 Å². The normalized spacial score (nSPS) is 12.0. The van der Waals surface area contributed by atoms with Gasteiger partial charge in [-0.1, -0.05) is 0 Å². The van der Waals surface area contributed by atoms with Gasteiger partial charge < -0.3 is 15.4 Å². The molecule has 0 radical (unpaired) electrons. The average molecular weight is 473 g/mol. The number of nitro benzene ring substituents is 1. The maximum absolute atomic E-state index is 13.2. The van der Waals surface area contributed by atoms with Gasteiger partial charge in [0.2, 0.25) is 0 Å². The Bertz CT molecular complexity index is 995. The van der Waals surface area contributed by atoms with Gasteiger partial charge in [-0.15, -0.1) is 0 Å². The van der Waals surface area contributed by atoms with Crippen molar-refractivity contribution in [2.75, 3.05) is 11.9 Å². The van der Waals surface area contributed by atoms with E-state index in [1.165, 1.54) is 18.3 Å². The third kappa shape index (κ3) is 7.04. The fourth-order valence-corrected chi connectivity index (χ4v) is 3.10. The van der Waals surface area contributed by atoms with Crippen molar-refractivity contribution >= 4 is 40.5 Å². The van der Waals surface area contributed by atoms with E-state index in [2.05, 4.69) is 5.32 Å². The molecule has 0 aliphatic rings. The SMILES string of the molecule is CC(OC(=O)CCCNC(=O)c1ccsc1)C(=O)Nc1ccc([N+](=O)[O-])cc1C(F)(F)F. The molecule has 0 spiro atoms. The highest BCUT2D eigenvalue weighted by Gasteiger charge is 2.36. The molecule has 0 aliphatic heterocycles. The molecule has 9 nitrogen and oxygen atoms in total. The number of hydrogen-bond acceptors (Lipinski definition) is 7. The lowest BCUT2D eigenvalue weighted by molar-refractivity contribution is -0.385. The molecule has 172 valence electrons. The zero-order chi connectivity index (χ0) is 23.9. The zero-order valence-corrected chi connectivity index (χ0v) is 17.4. The Hall–Kier alpha value is -3.48. The summed E-state index contributed by atoms with van der Waals surface area (Å²) >= 11 is 1.36. The largest absolute Gasteiger partial charge is 0.453 e.